The second kappa shape index (κ2) is 7.07. The third kappa shape index (κ3) is 4.59. The molecule has 0 N–H and O–H groups in total. The number of hydrogen-bond acceptors (Lipinski definition) is 3. The van der Waals surface area contributed by atoms with Crippen molar-refractivity contribution in [3.8, 4) is 0 Å². The maximum absolute atomic E-state index is 12.7. The molecule has 0 aliphatic carbocycles. The van der Waals surface area contributed by atoms with Crippen LogP contribution in [0.25, 0.3) is 0 Å². The smallest absolute Gasteiger partial charge is 0.416 e. The molecular formula is C17H18F3NO3. The van der Waals surface area contributed by atoms with Crippen molar-refractivity contribution in [3.05, 3.63) is 47.5 Å². The molecule has 1 aliphatic heterocycles. The number of hydrogen-bond donors (Lipinski definition) is 0. The van der Waals surface area contributed by atoms with Gasteiger partial charge < -0.3 is 9.64 Å². The maximum Gasteiger partial charge on any atom is 0.416 e. The standard InChI is InChI=1S/C17H18F3NO3/c1-11(2)10-24-16(23)13-7-15(22)21(9-13)8-12-4-3-5-14(6-12)17(18,19)20/h3-6,13H,1,7-10H2,2H3. The van der Waals surface area contributed by atoms with Crippen LogP contribution >= 0.6 is 0 Å². The number of likely N-dealkylation sites (tertiary alicyclic amines) is 1. The third-order valence-electron chi connectivity index (χ3n) is 3.64. The molecule has 2 rings (SSSR count). The van der Waals surface area contributed by atoms with Crippen molar-refractivity contribution in [2.24, 2.45) is 5.92 Å². The van der Waals surface area contributed by atoms with Gasteiger partial charge in [-0.2, -0.15) is 13.2 Å². The van der Waals surface area contributed by atoms with Crippen LogP contribution in [0.3, 0.4) is 0 Å². The Hall–Kier alpha value is -2.31. The van der Waals surface area contributed by atoms with Gasteiger partial charge in [0.05, 0.1) is 11.5 Å². The van der Waals surface area contributed by atoms with Crippen LogP contribution in [0, 0.1) is 5.92 Å². The first-order chi connectivity index (χ1) is 11.2. The van der Waals surface area contributed by atoms with Crippen molar-refractivity contribution in [1.29, 1.82) is 0 Å². The highest BCUT2D eigenvalue weighted by atomic mass is 19.4. The van der Waals surface area contributed by atoms with Gasteiger partial charge in [0, 0.05) is 19.5 Å². The highest BCUT2D eigenvalue weighted by Gasteiger charge is 2.36. The van der Waals surface area contributed by atoms with E-state index in [1.54, 1.807) is 6.92 Å². The first-order valence-corrected chi connectivity index (χ1v) is 7.41. The molecule has 130 valence electrons. The zero-order valence-corrected chi connectivity index (χ0v) is 13.2. The van der Waals surface area contributed by atoms with Crippen molar-refractivity contribution < 1.29 is 27.5 Å². The fraction of sp³-hybridized carbons (Fsp3) is 0.412. The Kier molecular flexibility index (Phi) is 5.31. The molecule has 1 aliphatic rings. The molecule has 1 saturated heterocycles. The minimum absolute atomic E-state index is 0.00792. The highest BCUT2D eigenvalue weighted by molar-refractivity contribution is 5.86. The summed E-state index contributed by atoms with van der Waals surface area (Å²) in [7, 11) is 0. The Morgan fingerprint density at radius 3 is 2.75 bits per heavy atom. The van der Waals surface area contributed by atoms with Crippen LogP contribution < -0.4 is 0 Å². The van der Waals surface area contributed by atoms with E-state index in [1.807, 2.05) is 0 Å². The van der Waals surface area contributed by atoms with E-state index in [2.05, 4.69) is 6.58 Å². The van der Waals surface area contributed by atoms with Gasteiger partial charge >= 0.3 is 12.1 Å². The lowest BCUT2D eigenvalue weighted by atomic mass is 10.1. The van der Waals surface area contributed by atoms with Gasteiger partial charge in [0.2, 0.25) is 5.91 Å². The van der Waals surface area contributed by atoms with Gasteiger partial charge in [0.15, 0.2) is 0 Å². The molecule has 1 aromatic rings. The number of ether oxygens (including phenoxy) is 1. The SMILES string of the molecule is C=C(C)COC(=O)C1CC(=O)N(Cc2cccc(C(F)(F)F)c2)C1. The summed E-state index contributed by atoms with van der Waals surface area (Å²) < 4.78 is 43.2. The predicted octanol–water partition coefficient (Wildman–Crippen LogP) is 3.17. The normalized spacial score (nSPS) is 17.9. The van der Waals surface area contributed by atoms with Crippen LogP contribution in [0.2, 0.25) is 0 Å². The van der Waals surface area contributed by atoms with E-state index < -0.39 is 23.6 Å². The van der Waals surface area contributed by atoms with E-state index in [0.717, 1.165) is 12.1 Å². The molecule has 1 atom stereocenters. The van der Waals surface area contributed by atoms with Crippen molar-refractivity contribution in [3.63, 3.8) is 0 Å². The number of nitrogens with zero attached hydrogens (tertiary/aromatic N) is 1. The van der Waals surface area contributed by atoms with E-state index in [0.29, 0.717) is 11.1 Å². The molecule has 1 fully saturated rings. The number of benzene rings is 1. The van der Waals surface area contributed by atoms with E-state index in [4.69, 9.17) is 4.74 Å². The van der Waals surface area contributed by atoms with Crippen LogP contribution in [0.15, 0.2) is 36.4 Å². The molecule has 1 amide bonds. The summed E-state index contributed by atoms with van der Waals surface area (Å²) >= 11 is 0. The molecule has 1 unspecified atom stereocenters. The topological polar surface area (TPSA) is 46.6 Å². The Bertz CT molecular complexity index is 655. The number of carbonyl (C=O) groups excluding carboxylic acids is 2. The Morgan fingerprint density at radius 1 is 1.42 bits per heavy atom. The third-order valence-corrected chi connectivity index (χ3v) is 3.64. The molecule has 1 aromatic carbocycles. The molecule has 0 spiro atoms. The summed E-state index contributed by atoms with van der Waals surface area (Å²) in [4.78, 5) is 25.3. The average Bonchev–Trinajstić information content (AvgIpc) is 2.85. The average molecular weight is 341 g/mol. The van der Waals surface area contributed by atoms with Crippen LogP contribution in [0.1, 0.15) is 24.5 Å². The molecule has 24 heavy (non-hydrogen) atoms. The van der Waals surface area contributed by atoms with Crippen molar-refractivity contribution >= 4 is 11.9 Å². The minimum Gasteiger partial charge on any atom is -0.461 e. The second-order valence-corrected chi connectivity index (χ2v) is 5.94. The second-order valence-electron chi connectivity index (χ2n) is 5.94. The molecular weight excluding hydrogens is 323 g/mol. The van der Waals surface area contributed by atoms with Gasteiger partial charge in [-0.05, 0) is 30.2 Å². The van der Waals surface area contributed by atoms with Gasteiger partial charge in [-0.3, -0.25) is 9.59 Å². The van der Waals surface area contributed by atoms with Crippen LogP contribution in [-0.4, -0.2) is 29.9 Å². The van der Waals surface area contributed by atoms with Gasteiger partial charge in [0.1, 0.15) is 6.61 Å². The van der Waals surface area contributed by atoms with Crippen molar-refractivity contribution in [2.75, 3.05) is 13.2 Å². The van der Waals surface area contributed by atoms with Crippen LogP contribution in [0.5, 0.6) is 0 Å². The Morgan fingerprint density at radius 2 is 2.12 bits per heavy atom. The zero-order chi connectivity index (χ0) is 17.9. The fourth-order valence-corrected chi connectivity index (χ4v) is 2.46. The summed E-state index contributed by atoms with van der Waals surface area (Å²) in [6.45, 7) is 5.61. The zero-order valence-electron chi connectivity index (χ0n) is 13.2. The number of carbonyl (C=O) groups is 2. The fourth-order valence-electron chi connectivity index (χ4n) is 2.46. The Labute approximate surface area is 137 Å². The van der Waals surface area contributed by atoms with Crippen LogP contribution in [-0.2, 0) is 27.0 Å². The maximum atomic E-state index is 12.7. The van der Waals surface area contributed by atoms with Crippen molar-refractivity contribution in [2.45, 2.75) is 26.1 Å². The van der Waals surface area contributed by atoms with Crippen LogP contribution in [0.4, 0.5) is 13.2 Å². The van der Waals surface area contributed by atoms with Gasteiger partial charge in [-0.1, -0.05) is 18.7 Å². The van der Waals surface area contributed by atoms with E-state index in [9.17, 15) is 22.8 Å². The van der Waals surface area contributed by atoms with Gasteiger partial charge in [-0.25, -0.2) is 0 Å². The van der Waals surface area contributed by atoms with E-state index >= 15 is 0 Å². The molecule has 0 radical (unpaired) electrons. The number of amides is 1. The molecule has 0 bridgehead atoms. The van der Waals surface area contributed by atoms with Gasteiger partial charge in [0.25, 0.3) is 0 Å². The first-order valence-electron chi connectivity index (χ1n) is 7.41. The van der Waals surface area contributed by atoms with E-state index in [-0.39, 0.29) is 32.0 Å². The Balaban J connectivity index is 2.00. The molecule has 0 saturated carbocycles. The van der Waals surface area contributed by atoms with E-state index in [1.165, 1.54) is 17.0 Å². The van der Waals surface area contributed by atoms with Gasteiger partial charge in [-0.15, -0.1) is 0 Å². The lowest BCUT2D eigenvalue weighted by Gasteiger charge is -2.17. The summed E-state index contributed by atoms with van der Waals surface area (Å²) in [5, 5.41) is 0. The minimum atomic E-state index is -4.43. The lowest BCUT2D eigenvalue weighted by molar-refractivity contribution is -0.147. The highest BCUT2D eigenvalue weighted by Crippen LogP contribution is 2.30. The monoisotopic (exact) mass is 341 g/mol. The summed E-state index contributed by atoms with van der Waals surface area (Å²) in [5.41, 5.74) is 0.298. The molecule has 7 heteroatoms. The number of rotatable bonds is 5. The number of halogens is 3. The van der Waals surface area contributed by atoms with Crippen molar-refractivity contribution in [1.82, 2.24) is 4.90 Å². The molecule has 4 nitrogen and oxygen atoms in total. The lowest BCUT2D eigenvalue weighted by Crippen LogP contribution is -2.26. The number of alkyl halides is 3. The first kappa shape index (κ1) is 18.0. The largest absolute Gasteiger partial charge is 0.461 e. The summed E-state index contributed by atoms with van der Waals surface area (Å²) in [6, 6.07) is 4.82. The summed E-state index contributed by atoms with van der Waals surface area (Å²) in [6.07, 6.45) is -4.42. The summed E-state index contributed by atoms with van der Waals surface area (Å²) in [5.74, 6) is -1.36. The molecule has 1 heterocycles. The quantitative estimate of drug-likeness (QED) is 0.610. The number of esters is 1. The predicted molar refractivity (Wildman–Crippen MR) is 80.7 cm³/mol. The molecule has 0 aromatic heterocycles.